The molecule has 20 heavy (non-hydrogen) atoms. The first-order valence-corrected chi connectivity index (χ1v) is 7.01. The summed E-state index contributed by atoms with van der Waals surface area (Å²) in [5.41, 5.74) is 6.54. The van der Waals surface area contributed by atoms with Gasteiger partial charge in [0.1, 0.15) is 10.7 Å². The van der Waals surface area contributed by atoms with Crippen molar-refractivity contribution in [2.75, 3.05) is 23.0 Å². The number of rotatable bonds is 4. The monoisotopic (exact) mass is 291 g/mol. The smallest absolute Gasteiger partial charge is 0.272 e. The number of thiazole rings is 1. The van der Waals surface area contributed by atoms with Crippen LogP contribution >= 0.6 is 11.3 Å². The summed E-state index contributed by atoms with van der Waals surface area (Å²) in [5.74, 6) is 0.0590. The molecule has 0 bridgehead atoms. The van der Waals surface area contributed by atoms with Crippen molar-refractivity contribution in [3.05, 3.63) is 29.4 Å². The Kier molecular flexibility index (Phi) is 4.19. The normalized spacial score (nSPS) is 10.6. The molecule has 0 saturated heterocycles. The second kappa shape index (κ2) is 5.87. The van der Waals surface area contributed by atoms with E-state index in [1.807, 2.05) is 19.9 Å². The van der Waals surface area contributed by atoms with Gasteiger partial charge in [0, 0.05) is 19.3 Å². The molecule has 6 nitrogen and oxygen atoms in total. The lowest BCUT2D eigenvalue weighted by Gasteiger charge is -2.15. The molecule has 2 aromatic rings. The number of pyridine rings is 1. The maximum Gasteiger partial charge on any atom is 0.272 e. The molecular formula is C13H17N5OS. The number of amides is 1. The van der Waals surface area contributed by atoms with Gasteiger partial charge in [-0.3, -0.25) is 9.78 Å². The average molecular weight is 291 g/mol. The summed E-state index contributed by atoms with van der Waals surface area (Å²) in [5, 5.41) is 3.80. The third-order valence-electron chi connectivity index (χ3n) is 2.60. The zero-order valence-corrected chi connectivity index (χ0v) is 12.4. The molecule has 2 heterocycles. The van der Waals surface area contributed by atoms with E-state index in [1.165, 1.54) is 16.2 Å². The molecule has 0 radical (unpaired) electrons. The van der Waals surface area contributed by atoms with Crippen LogP contribution in [0.3, 0.4) is 0 Å². The first kappa shape index (κ1) is 14.3. The number of nitrogens with two attached hydrogens (primary N) is 1. The van der Waals surface area contributed by atoms with E-state index in [2.05, 4.69) is 15.3 Å². The highest BCUT2D eigenvalue weighted by Gasteiger charge is 2.21. The van der Waals surface area contributed by atoms with Crippen LogP contribution in [0.1, 0.15) is 23.5 Å². The van der Waals surface area contributed by atoms with E-state index < -0.39 is 0 Å². The van der Waals surface area contributed by atoms with Crippen LogP contribution in [0.2, 0.25) is 0 Å². The topological polar surface area (TPSA) is 84.1 Å². The van der Waals surface area contributed by atoms with Crippen LogP contribution in [0.5, 0.6) is 0 Å². The standard InChI is InChI=1S/C13H17N5OS/c1-8(2)16-13-17-11(14)10(20-13)12(19)18(3)9-5-4-6-15-7-9/h4-8H,14H2,1-3H3,(H,16,17). The Morgan fingerprint density at radius 2 is 2.25 bits per heavy atom. The molecule has 2 rings (SSSR count). The predicted octanol–water partition coefficient (Wildman–Crippen LogP) is 2.22. The Balaban J connectivity index is 2.23. The summed E-state index contributed by atoms with van der Waals surface area (Å²) in [4.78, 5) is 22.5. The van der Waals surface area contributed by atoms with Gasteiger partial charge in [-0.2, -0.15) is 0 Å². The fourth-order valence-corrected chi connectivity index (χ4v) is 2.62. The number of nitrogens with one attached hydrogen (secondary N) is 1. The van der Waals surface area contributed by atoms with Crippen LogP contribution in [0, 0.1) is 0 Å². The molecule has 0 unspecified atom stereocenters. The van der Waals surface area contributed by atoms with Crippen molar-refractivity contribution in [2.45, 2.75) is 19.9 Å². The van der Waals surface area contributed by atoms with Gasteiger partial charge in [-0.25, -0.2) is 4.98 Å². The van der Waals surface area contributed by atoms with Gasteiger partial charge < -0.3 is 16.0 Å². The number of carbonyl (C=O) groups excluding carboxylic acids is 1. The minimum absolute atomic E-state index is 0.190. The maximum absolute atomic E-state index is 12.4. The molecule has 7 heteroatoms. The Morgan fingerprint density at radius 3 is 2.85 bits per heavy atom. The van der Waals surface area contributed by atoms with Crippen LogP contribution in [-0.2, 0) is 0 Å². The lowest BCUT2D eigenvalue weighted by Crippen LogP contribution is -2.26. The van der Waals surface area contributed by atoms with Gasteiger partial charge >= 0.3 is 0 Å². The van der Waals surface area contributed by atoms with Gasteiger partial charge in [0.2, 0.25) is 0 Å². The highest BCUT2D eigenvalue weighted by Crippen LogP contribution is 2.27. The minimum atomic E-state index is -0.190. The summed E-state index contributed by atoms with van der Waals surface area (Å²) in [7, 11) is 1.69. The maximum atomic E-state index is 12.4. The lowest BCUT2D eigenvalue weighted by molar-refractivity contribution is 0.0997. The fraction of sp³-hybridized carbons (Fsp3) is 0.308. The van der Waals surface area contributed by atoms with Crippen LogP contribution in [-0.4, -0.2) is 29.0 Å². The summed E-state index contributed by atoms with van der Waals surface area (Å²) >= 11 is 1.26. The van der Waals surface area contributed by atoms with E-state index in [-0.39, 0.29) is 17.8 Å². The molecule has 1 amide bonds. The Hall–Kier alpha value is -2.15. The Labute approximate surface area is 121 Å². The van der Waals surface area contributed by atoms with E-state index in [1.54, 1.807) is 25.5 Å². The summed E-state index contributed by atoms with van der Waals surface area (Å²) in [6.45, 7) is 4.00. The molecular weight excluding hydrogens is 274 g/mol. The number of nitrogens with zero attached hydrogens (tertiary/aromatic N) is 3. The van der Waals surface area contributed by atoms with Crippen molar-refractivity contribution < 1.29 is 4.79 Å². The predicted molar refractivity (Wildman–Crippen MR) is 82.3 cm³/mol. The van der Waals surface area contributed by atoms with Crippen molar-refractivity contribution in [3.8, 4) is 0 Å². The third kappa shape index (κ3) is 3.05. The van der Waals surface area contributed by atoms with Gasteiger partial charge in [0.15, 0.2) is 5.13 Å². The number of carbonyl (C=O) groups is 1. The van der Waals surface area contributed by atoms with Gasteiger partial charge in [0.05, 0.1) is 11.9 Å². The van der Waals surface area contributed by atoms with Crippen molar-refractivity contribution in [1.29, 1.82) is 0 Å². The van der Waals surface area contributed by atoms with Crippen molar-refractivity contribution >= 4 is 33.9 Å². The van der Waals surface area contributed by atoms with E-state index in [0.717, 1.165) is 0 Å². The molecule has 0 spiro atoms. The molecule has 0 aliphatic rings. The van der Waals surface area contributed by atoms with Gasteiger partial charge in [-0.1, -0.05) is 11.3 Å². The fourth-order valence-electron chi connectivity index (χ4n) is 1.62. The average Bonchev–Trinajstić information content (AvgIpc) is 2.78. The van der Waals surface area contributed by atoms with E-state index in [0.29, 0.717) is 15.7 Å². The van der Waals surface area contributed by atoms with E-state index >= 15 is 0 Å². The van der Waals surface area contributed by atoms with Crippen molar-refractivity contribution in [1.82, 2.24) is 9.97 Å². The summed E-state index contributed by atoms with van der Waals surface area (Å²) < 4.78 is 0. The number of anilines is 3. The number of hydrogen-bond donors (Lipinski definition) is 2. The quantitative estimate of drug-likeness (QED) is 0.902. The zero-order chi connectivity index (χ0) is 14.7. The van der Waals surface area contributed by atoms with Crippen LogP contribution < -0.4 is 16.0 Å². The van der Waals surface area contributed by atoms with Gasteiger partial charge in [-0.15, -0.1) is 0 Å². The highest BCUT2D eigenvalue weighted by molar-refractivity contribution is 7.18. The van der Waals surface area contributed by atoms with Gasteiger partial charge in [0.25, 0.3) is 5.91 Å². The molecule has 0 aromatic carbocycles. The number of hydrogen-bond acceptors (Lipinski definition) is 6. The summed E-state index contributed by atoms with van der Waals surface area (Å²) in [6.07, 6.45) is 3.29. The van der Waals surface area contributed by atoms with E-state index in [4.69, 9.17) is 5.73 Å². The minimum Gasteiger partial charge on any atom is -0.382 e. The Morgan fingerprint density at radius 1 is 1.50 bits per heavy atom. The third-order valence-corrected chi connectivity index (χ3v) is 3.59. The summed E-state index contributed by atoms with van der Waals surface area (Å²) in [6, 6.07) is 3.83. The highest BCUT2D eigenvalue weighted by atomic mass is 32.1. The molecule has 2 aromatic heterocycles. The molecule has 0 aliphatic heterocycles. The Bertz CT molecular complexity index is 596. The first-order valence-electron chi connectivity index (χ1n) is 6.20. The molecule has 0 atom stereocenters. The van der Waals surface area contributed by atoms with Crippen LogP contribution in [0.4, 0.5) is 16.6 Å². The number of nitrogen functional groups attached to an aromatic ring is 1. The molecule has 3 N–H and O–H groups in total. The largest absolute Gasteiger partial charge is 0.382 e. The second-order valence-electron chi connectivity index (χ2n) is 4.61. The van der Waals surface area contributed by atoms with Crippen molar-refractivity contribution in [2.24, 2.45) is 0 Å². The SMILES string of the molecule is CC(C)Nc1nc(N)c(C(=O)N(C)c2cccnc2)s1. The van der Waals surface area contributed by atoms with Crippen LogP contribution in [0.15, 0.2) is 24.5 Å². The molecule has 0 saturated carbocycles. The first-order chi connectivity index (χ1) is 9.49. The molecule has 0 fully saturated rings. The number of aromatic nitrogens is 2. The molecule has 106 valence electrons. The second-order valence-corrected chi connectivity index (χ2v) is 5.61. The lowest BCUT2D eigenvalue weighted by atomic mass is 10.3. The van der Waals surface area contributed by atoms with Gasteiger partial charge in [-0.05, 0) is 26.0 Å². The van der Waals surface area contributed by atoms with E-state index in [9.17, 15) is 4.79 Å². The van der Waals surface area contributed by atoms with Crippen LogP contribution in [0.25, 0.3) is 0 Å². The zero-order valence-electron chi connectivity index (χ0n) is 11.6. The van der Waals surface area contributed by atoms with Crippen molar-refractivity contribution in [3.63, 3.8) is 0 Å². The molecule has 0 aliphatic carbocycles.